The number of anilines is 2. The van der Waals surface area contributed by atoms with Crippen molar-refractivity contribution in [3.05, 3.63) is 93.9 Å². The van der Waals surface area contributed by atoms with Crippen molar-refractivity contribution >= 4 is 55.0 Å². The van der Waals surface area contributed by atoms with Crippen LogP contribution in [0, 0.1) is 0 Å². The Balaban J connectivity index is 1.35. The number of furan rings is 1. The molecule has 12 heteroatoms. The standard InChI is InChI=1S/C22H16BrClN4O5S/c23-14-1-5-16(6-2-14)32-13-17-7-10-19(33-17)22(29)25-15-3-8-18(9-4-15)34(30,31)28-21-12-11-20(24)26-27-21/h1-12H,13H2,(H,25,29)(H,27,28). The van der Waals surface area contributed by atoms with Gasteiger partial charge in [0.15, 0.2) is 16.7 Å². The second-order valence-electron chi connectivity index (χ2n) is 6.83. The monoisotopic (exact) mass is 562 g/mol. The fraction of sp³-hybridized carbons (Fsp3) is 0.0455. The molecule has 0 saturated carbocycles. The molecule has 0 aliphatic heterocycles. The maximum Gasteiger partial charge on any atom is 0.291 e. The van der Waals surface area contributed by atoms with Gasteiger partial charge in [-0.05, 0) is 72.8 Å². The van der Waals surface area contributed by atoms with E-state index in [4.69, 9.17) is 20.8 Å². The number of nitrogens with one attached hydrogen (secondary N) is 2. The molecule has 34 heavy (non-hydrogen) atoms. The summed E-state index contributed by atoms with van der Waals surface area (Å²) in [6, 6.07) is 18.9. The van der Waals surface area contributed by atoms with E-state index in [-0.39, 0.29) is 28.2 Å². The molecule has 0 aliphatic carbocycles. The maximum atomic E-state index is 12.5. The number of benzene rings is 2. The van der Waals surface area contributed by atoms with Crippen LogP contribution in [-0.4, -0.2) is 24.5 Å². The molecule has 0 fully saturated rings. The summed E-state index contributed by atoms with van der Waals surface area (Å²) in [6.45, 7) is 0.159. The van der Waals surface area contributed by atoms with Gasteiger partial charge in [0.05, 0.1) is 4.90 Å². The van der Waals surface area contributed by atoms with Crippen LogP contribution in [0.4, 0.5) is 11.5 Å². The van der Waals surface area contributed by atoms with Gasteiger partial charge >= 0.3 is 0 Å². The van der Waals surface area contributed by atoms with Gasteiger partial charge in [-0.3, -0.25) is 9.52 Å². The zero-order valence-electron chi connectivity index (χ0n) is 17.2. The van der Waals surface area contributed by atoms with Crippen molar-refractivity contribution in [2.75, 3.05) is 10.0 Å². The summed E-state index contributed by atoms with van der Waals surface area (Å²) in [5.41, 5.74) is 0.388. The fourth-order valence-corrected chi connectivity index (χ4v) is 4.10. The molecule has 2 aromatic heterocycles. The molecule has 0 radical (unpaired) electrons. The molecule has 0 atom stereocenters. The van der Waals surface area contributed by atoms with Crippen LogP contribution in [0.2, 0.25) is 5.15 Å². The van der Waals surface area contributed by atoms with Gasteiger partial charge < -0.3 is 14.5 Å². The molecule has 4 aromatic rings. The lowest BCUT2D eigenvalue weighted by molar-refractivity contribution is 0.0992. The van der Waals surface area contributed by atoms with Gasteiger partial charge in [0.1, 0.15) is 18.1 Å². The Morgan fingerprint density at radius 1 is 0.971 bits per heavy atom. The van der Waals surface area contributed by atoms with Crippen LogP contribution in [0.25, 0.3) is 0 Å². The summed E-state index contributed by atoms with van der Waals surface area (Å²) in [5.74, 6) is 0.776. The second-order valence-corrected chi connectivity index (χ2v) is 9.82. The number of halogens is 2. The molecular weight excluding hydrogens is 548 g/mol. The number of sulfonamides is 1. The Hall–Kier alpha value is -3.41. The van der Waals surface area contributed by atoms with Crippen LogP contribution in [0.3, 0.4) is 0 Å². The minimum absolute atomic E-state index is 0.0207. The van der Waals surface area contributed by atoms with Gasteiger partial charge in [0.2, 0.25) is 0 Å². The second kappa shape index (κ2) is 10.2. The number of rotatable bonds is 8. The number of carbonyl (C=O) groups excluding carboxylic acids is 1. The van der Waals surface area contributed by atoms with Crippen LogP contribution in [0.15, 0.2) is 86.6 Å². The summed E-state index contributed by atoms with van der Waals surface area (Å²) in [7, 11) is -3.90. The number of carbonyl (C=O) groups is 1. The molecule has 0 saturated heterocycles. The first-order valence-corrected chi connectivity index (χ1v) is 12.3. The van der Waals surface area contributed by atoms with E-state index in [1.807, 2.05) is 24.3 Å². The number of amides is 1. The molecule has 2 N–H and O–H groups in total. The summed E-state index contributed by atoms with van der Waals surface area (Å²) < 4.78 is 39.4. The molecule has 0 unspecified atom stereocenters. The molecule has 0 bridgehead atoms. The first kappa shape index (κ1) is 23.7. The Kier molecular flexibility index (Phi) is 7.15. The molecule has 0 spiro atoms. The predicted molar refractivity (Wildman–Crippen MR) is 129 cm³/mol. The van der Waals surface area contributed by atoms with E-state index in [1.54, 1.807) is 6.07 Å². The molecule has 2 heterocycles. The highest BCUT2D eigenvalue weighted by molar-refractivity contribution is 9.10. The Morgan fingerprint density at radius 3 is 2.38 bits per heavy atom. The largest absolute Gasteiger partial charge is 0.486 e. The van der Waals surface area contributed by atoms with Gasteiger partial charge in [0, 0.05) is 10.2 Å². The first-order chi connectivity index (χ1) is 16.3. The smallest absolute Gasteiger partial charge is 0.291 e. The van der Waals surface area contributed by atoms with E-state index >= 15 is 0 Å². The lowest BCUT2D eigenvalue weighted by Crippen LogP contribution is -2.15. The lowest BCUT2D eigenvalue weighted by atomic mass is 10.3. The van der Waals surface area contributed by atoms with Crippen molar-refractivity contribution in [1.29, 1.82) is 0 Å². The Morgan fingerprint density at radius 2 is 1.71 bits per heavy atom. The van der Waals surface area contributed by atoms with Crippen LogP contribution >= 0.6 is 27.5 Å². The third kappa shape index (κ3) is 6.13. The van der Waals surface area contributed by atoms with Crippen molar-refractivity contribution in [2.24, 2.45) is 0 Å². The van der Waals surface area contributed by atoms with Crippen LogP contribution < -0.4 is 14.8 Å². The lowest BCUT2D eigenvalue weighted by Gasteiger charge is -2.08. The zero-order chi connectivity index (χ0) is 24.1. The van der Waals surface area contributed by atoms with Crippen molar-refractivity contribution < 1.29 is 22.4 Å². The third-order valence-electron chi connectivity index (χ3n) is 4.37. The van der Waals surface area contributed by atoms with Gasteiger partial charge in [-0.1, -0.05) is 27.5 Å². The number of aromatic nitrogens is 2. The Bertz CT molecular complexity index is 1390. The molecule has 1 amide bonds. The number of nitrogens with zero attached hydrogens (tertiary/aromatic N) is 2. The summed E-state index contributed by atoms with van der Waals surface area (Å²) in [6.07, 6.45) is 0. The molecule has 9 nitrogen and oxygen atoms in total. The van der Waals surface area contributed by atoms with E-state index in [0.29, 0.717) is 17.2 Å². The van der Waals surface area contributed by atoms with Crippen molar-refractivity contribution in [3.63, 3.8) is 0 Å². The van der Waals surface area contributed by atoms with Crippen LogP contribution in [-0.2, 0) is 16.6 Å². The minimum Gasteiger partial charge on any atom is -0.486 e. The molecule has 0 aliphatic rings. The minimum atomic E-state index is -3.90. The van der Waals surface area contributed by atoms with Gasteiger partial charge in [0.25, 0.3) is 15.9 Å². The van der Waals surface area contributed by atoms with E-state index < -0.39 is 15.9 Å². The highest BCUT2D eigenvalue weighted by atomic mass is 79.9. The predicted octanol–water partition coefficient (Wildman–Crippen LogP) is 5.12. The highest BCUT2D eigenvalue weighted by Crippen LogP contribution is 2.20. The normalized spacial score (nSPS) is 11.1. The third-order valence-corrected chi connectivity index (χ3v) is 6.47. The molecular formula is C22H16BrClN4O5S. The van der Waals surface area contributed by atoms with Crippen molar-refractivity contribution in [1.82, 2.24) is 10.2 Å². The molecule has 174 valence electrons. The number of hydrogen-bond acceptors (Lipinski definition) is 7. The van der Waals surface area contributed by atoms with Crippen molar-refractivity contribution in [2.45, 2.75) is 11.5 Å². The molecule has 4 rings (SSSR count). The topological polar surface area (TPSA) is 123 Å². The van der Waals surface area contributed by atoms with E-state index in [9.17, 15) is 13.2 Å². The highest BCUT2D eigenvalue weighted by Gasteiger charge is 2.16. The average molecular weight is 564 g/mol. The van der Waals surface area contributed by atoms with Crippen molar-refractivity contribution in [3.8, 4) is 5.75 Å². The van der Waals surface area contributed by atoms with Gasteiger partial charge in [-0.2, -0.15) is 0 Å². The van der Waals surface area contributed by atoms with Gasteiger partial charge in [-0.25, -0.2) is 8.42 Å². The first-order valence-electron chi connectivity index (χ1n) is 9.69. The zero-order valence-corrected chi connectivity index (χ0v) is 20.4. The van der Waals surface area contributed by atoms with Crippen LogP contribution in [0.1, 0.15) is 16.3 Å². The summed E-state index contributed by atoms with van der Waals surface area (Å²) in [5, 5.41) is 10.0. The van der Waals surface area contributed by atoms with E-state index in [0.717, 1.165) is 4.47 Å². The number of hydrogen-bond donors (Lipinski definition) is 2. The fourth-order valence-electron chi connectivity index (χ4n) is 2.74. The molecule has 2 aromatic carbocycles. The van der Waals surface area contributed by atoms with Gasteiger partial charge in [-0.15, -0.1) is 10.2 Å². The quantitative estimate of drug-likeness (QED) is 0.305. The average Bonchev–Trinajstić information content (AvgIpc) is 3.30. The summed E-state index contributed by atoms with van der Waals surface area (Å²) in [4.78, 5) is 12.5. The Labute approximate surface area is 208 Å². The number of ether oxygens (including phenoxy) is 1. The maximum absolute atomic E-state index is 12.5. The van der Waals surface area contributed by atoms with E-state index in [2.05, 4.69) is 36.2 Å². The summed E-state index contributed by atoms with van der Waals surface area (Å²) >= 11 is 9.01. The van der Waals surface area contributed by atoms with Crippen LogP contribution in [0.5, 0.6) is 5.75 Å². The van der Waals surface area contributed by atoms with E-state index in [1.165, 1.54) is 42.5 Å². The SMILES string of the molecule is O=C(Nc1ccc(S(=O)(=O)Nc2ccc(Cl)nn2)cc1)c1ccc(COc2ccc(Br)cc2)o1.